The van der Waals surface area contributed by atoms with E-state index >= 15 is 0 Å². The molecule has 0 spiro atoms. The second-order valence-electron chi connectivity index (χ2n) is 7.07. The van der Waals surface area contributed by atoms with Gasteiger partial charge >= 0.3 is 0 Å². The molecule has 0 N–H and O–H groups in total. The smallest absolute Gasteiger partial charge is 0.210 e. The Morgan fingerprint density at radius 2 is 1.61 bits per heavy atom. The van der Waals surface area contributed by atoms with Gasteiger partial charge in [0, 0.05) is 17.3 Å². The van der Waals surface area contributed by atoms with Crippen molar-refractivity contribution in [1.29, 1.82) is 0 Å². The van der Waals surface area contributed by atoms with Gasteiger partial charge in [-0.15, -0.1) is 0 Å². The summed E-state index contributed by atoms with van der Waals surface area (Å²) in [5, 5.41) is 0. The maximum atomic E-state index is 12.9. The minimum absolute atomic E-state index is 0.0678. The van der Waals surface area contributed by atoms with E-state index < -0.39 is 6.43 Å². The third kappa shape index (κ3) is 3.41. The van der Waals surface area contributed by atoms with Crippen LogP contribution in [0.25, 0.3) is 0 Å². The molecule has 0 radical (unpaired) electrons. The average Bonchev–Trinajstić information content (AvgIpc) is 2.62. The summed E-state index contributed by atoms with van der Waals surface area (Å²) in [5.74, 6) is 0.466. The predicted molar refractivity (Wildman–Crippen MR) is 91.6 cm³/mol. The monoisotopic (exact) mass is 316 g/mol. The van der Waals surface area contributed by atoms with Gasteiger partial charge in [-0.25, -0.2) is 8.78 Å². The molecule has 0 aromatic heterocycles. The first-order valence-corrected chi connectivity index (χ1v) is 8.86. The Bertz CT molecular complexity index is 536. The van der Waals surface area contributed by atoms with Crippen molar-refractivity contribution >= 4 is 0 Å². The maximum absolute atomic E-state index is 12.9. The molecule has 2 heteroatoms. The van der Waals surface area contributed by atoms with Gasteiger partial charge in [-0.05, 0) is 43.6 Å². The predicted octanol–water partition coefficient (Wildman–Crippen LogP) is 6.36. The Balaban J connectivity index is 1.71. The van der Waals surface area contributed by atoms with E-state index in [4.69, 9.17) is 0 Å². The van der Waals surface area contributed by atoms with Crippen molar-refractivity contribution in [2.45, 2.75) is 51.4 Å². The Morgan fingerprint density at radius 1 is 1.00 bits per heavy atom. The standard InChI is InChI=1S/C21H26F2/c1-2-21(19-10-8-18(9-11-19)20(22)23)14-12-17(13-15-21)16-6-4-3-5-7-16/h3-7,12-15,17-20H,2,8-11H2,1H3. The van der Waals surface area contributed by atoms with Gasteiger partial charge < -0.3 is 0 Å². The molecule has 1 fully saturated rings. The van der Waals surface area contributed by atoms with Gasteiger partial charge in [-0.2, -0.15) is 0 Å². The van der Waals surface area contributed by atoms with Crippen LogP contribution < -0.4 is 0 Å². The third-order valence-electron chi connectivity index (χ3n) is 5.91. The van der Waals surface area contributed by atoms with E-state index in [2.05, 4.69) is 55.5 Å². The molecule has 0 atom stereocenters. The zero-order valence-electron chi connectivity index (χ0n) is 13.8. The van der Waals surface area contributed by atoms with Crippen molar-refractivity contribution in [3.8, 4) is 0 Å². The first kappa shape index (κ1) is 16.4. The van der Waals surface area contributed by atoms with Gasteiger partial charge in [0.2, 0.25) is 6.43 Å². The fourth-order valence-corrected chi connectivity index (χ4v) is 4.29. The lowest BCUT2D eigenvalue weighted by molar-refractivity contribution is 0.0353. The van der Waals surface area contributed by atoms with E-state index in [1.165, 1.54) is 5.56 Å². The first-order chi connectivity index (χ1) is 11.1. The normalized spacial score (nSPS) is 34.0. The fourth-order valence-electron chi connectivity index (χ4n) is 4.29. The van der Waals surface area contributed by atoms with Crippen LogP contribution in [0.15, 0.2) is 54.6 Å². The summed E-state index contributed by atoms with van der Waals surface area (Å²) >= 11 is 0. The molecular weight excluding hydrogens is 290 g/mol. The molecular formula is C21H26F2. The molecule has 2 aliphatic rings. The highest BCUT2D eigenvalue weighted by molar-refractivity contribution is 5.34. The Labute approximate surface area is 138 Å². The Morgan fingerprint density at radius 3 is 2.13 bits per heavy atom. The van der Waals surface area contributed by atoms with E-state index in [0.717, 1.165) is 19.3 Å². The van der Waals surface area contributed by atoms with Crippen LogP contribution in [0.3, 0.4) is 0 Å². The zero-order valence-corrected chi connectivity index (χ0v) is 13.8. The van der Waals surface area contributed by atoms with Crippen LogP contribution in [-0.2, 0) is 0 Å². The molecule has 3 rings (SSSR count). The topological polar surface area (TPSA) is 0 Å². The summed E-state index contributed by atoms with van der Waals surface area (Å²) in [6.07, 6.45) is 11.4. The Kier molecular flexibility index (Phi) is 4.99. The number of allylic oxidation sites excluding steroid dienone is 4. The number of hydrogen-bond donors (Lipinski definition) is 0. The lowest BCUT2D eigenvalue weighted by atomic mass is 9.63. The van der Waals surface area contributed by atoms with E-state index in [9.17, 15) is 8.78 Å². The summed E-state index contributed by atoms with van der Waals surface area (Å²) in [6.45, 7) is 2.22. The van der Waals surface area contributed by atoms with Crippen molar-refractivity contribution in [1.82, 2.24) is 0 Å². The molecule has 0 saturated heterocycles. The van der Waals surface area contributed by atoms with Gasteiger partial charge in [0.1, 0.15) is 0 Å². The first-order valence-electron chi connectivity index (χ1n) is 8.86. The van der Waals surface area contributed by atoms with Crippen LogP contribution >= 0.6 is 0 Å². The summed E-state index contributed by atoms with van der Waals surface area (Å²) in [7, 11) is 0. The molecule has 0 amide bonds. The highest BCUT2D eigenvalue weighted by atomic mass is 19.3. The number of alkyl halides is 2. The van der Waals surface area contributed by atoms with Gasteiger partial charge in [0.15, 0.2) is 0 Å². The van der Waals surface area contributed by atoms with Crippen molar-refractivity contribution in [2.24, 2.45) is 17.3 Å². The fraction of sp³-hybridized carbons (Fsp3) is 0.524. The highest BCUT2D eigenvalue weighted by Crippen LogP contribution is 2.48. The van der Waals surface area contributed by atoms with Crippen molar-refractivity contribution in [2.75, 3.05) is 0 Å². The molecule has 0 aliphatic heterocycles. The molecule has 0 bridgehead atoms. The van der Waals surface area contributed by atoms with E-state index in [0.29, 0.717) is 24.7 Å². The second kappa shape index (κ2) is 6.98. The molecule has 1 saturated carbocycles. The van der Waals surface area contributed by atoms with Crippen LogP contribution in [-0.4, -0.2) is 6.43 Å². The van der Waals surface area contributed by atoms with Gasteiger partial charge in [-0.1, -0.05) is 61.6 Å². The van der Waals surface area contributed by atoms with Gasteiger partial charge in [-0.3, -0.25) is 0 Å². The molecule has 2 aliphatic carbocycles. The third-order valence-corrected chi connectivity index (χ3v) is 5.91. The zero-order chi connectivity index (χ0) is 16.3. The Hall–Kier alpha value is -1.44. The molecule has 124 valence electrons. The van der Waals surface area contributed by atoms with Crippen LogP contribution in [0.2, 0.25) is 0 Å². The summed E-state index contributed by atoms with van der Waals surface area (Å²) in [6, 6.07) is 10.5. The maximum Gasteiger partial charge on any atom is 0.241 e. The minimum atomic E-state index is -2.14. The van der Waals surface area contributed by atoms with Crippen LogP contribution in [0.5, 0.6) is 0 Å². The molecule has 1 aromatic carbocycles. The van der Waals surface area contributed by atoms with Gasteiger partial charge in [0.25, 0.3) is 0 Å². The number of benzene rings is 1. The van der Waals surface area contributed by atoms with E-state index in [1.54, 1.807) is 0 Å². The molecule has 0 heterocycles. The van der Waals surface area contributed by atoms with Crippen LogP contribution in [0, 0.1) is 17.3 Å². The second-order valence-corrected chi connectivity index (χ2v) is 7.07. The highest BCUT2D eigenvalue weighted by Gasteiger charge is 2.38. The number of halogens is 2. The van der Waals surface area contributed by atoms with E-state index in [-0.39, 0.29) is 11.3 Å². The summed E-state index contributed by atoms with van der Waals surface area (Å²) in [4.78, 5) is 0. The molecule has 0 nitrogen and oxygen atoms in total. The molecule has 23 heavy (non-hydrogen) atoms. The van der Waals surface area contributed by atoms with Crippen molar-refractivity contribution < 1.29 is 8.78 Å². The SMILES string of the molecule is CCC1(C2CCC(C(F)F)CC2)C=CC(c2ccccc2)C=C1. The largest absolute Gasteiger partial charge is 0.241 e. The van der Waals surface area contributed by atoms with Gasteiger partial charge in [0.05, 0.1) is 0 Å². The van der Waals surface area contributed by atoms with Crippen LogP contribution in [0.4, 0.5) is 8.78 Å². The van der Waals surface area contributed by atoms with Crippen molar-refractivity contribution in [3.05, 3.63) is 60.2 Å². The number of hydrogen-bond acceptors (Lipinski definition) is 0. The summed E-state index contributed by atoms with van der Waals surface area (Å²) < 4.78 is 25.8. The van der Waals surface area contributed by atoms with Crippen molar-refractivity contribution in [3.63, 3.8) is 0 Å². The summed E-state index contributed by atoms with van der Waals surface area (Å²) in [5.41, 5.74) is 1.38. The lowest BCUT2D eigenvalue weighted by Crippen LogP contribution is -2.32. The quantitative estimate of drug-likeness (QED) is 0.567. The minimum Gasteiger partial charge on any atom is -0.210 e. The molecule has 0 unspecified atom stereocenters. The average molecular weight is 316 g/mol. The van der Waals surface area contributed by atoms with Crippen LogP contribution in [0.1, 0.15) is 50.5 Å². The molecule has 1 aromatic rings. The van der Waals surface area contributed by atoms with E-state index in [1.807, 2.05) is 6.07 Å². The lowest BCUT2D eigenvalue weighted by Gasteiger charge is -2.41. The number of rotatable bonds is 4.